The largest absolute Gasteiger partial charge is 0.348 e. The van der Waals surface area contributed by atoms with Crippen LogP contribution in [0.1, 0.15) is 52.7 Å². The third-order valence-electron chi connectivity index (χ3n) is 5.33. The van der Waals surface area contributed by atoms with E-state index in [1.54, 1.807) is 0 Å². The Kier molecular flexibility index (Phi) is 5.74. The topological polar surface area (TPSA) is 32.3 Å². The van der Waals surface area contributed by atoms with Crippen LogP contribution in [0.15, 0.2) is 35.9 Å². The average Bonchev–Trinajstić information content (AvgIpc) is 2.60. The van der Waals surface area contributed by atoms with Crippen molar-refractivity contribution < 1.29 is 4.79 Å². The van der Waals surface area contributed by atoms with E-state index < -0.39 is 0 Å². The number of benzene rings is 1. The first-order valence-corrected chi connectivity index (χ1v) is 9.49. The molecule has 0 radical (unpaired) electrons. The Morgan fingerprint density at radius 2 is 1.96 bits per heavy atom. The minimum absolute atomic E-state index is 0.0468. The molecule has 134 valence electrons. The van der Waals surface area contributed by atoms with Gasteiger partial charge in [-0.1, -0.05) is 35.9 Å². The molecule has 1 aliphatic carbocycles. The van der Waals surface area contributed by atoms with Gasteiger partial charge in [-0.15, -0.1) is 0 Å². The fourth-order valence-electron chi connectivity index (χ4n) is 4.17. The zero-order valence-electron chi connectivity index (χ0n) is 15.8. The quantitative estimate of drug-likeness (QED) is 0.839. The number of aryl methyl sites for hydroxylation is 3. The molecule has 1 aromatic carbocycles. The van der Waals surface area contributed by atoms with Crippen LogP contribution in [0.5, 0.6) is 0 Å². The van der Waals surface area contributed by atoms with E-state index in [0.717, 1.165) is 36.2 Å². The van der Waals surface area contributed by atoms with Crippen molar-refractivity contribution in [1.82, 2.24) is 10.2 Å². The van der Waals surface area contributed by atoms with Crippen LogP contribution < -0.4 is 5.32 Å². The van der Waals surface area contributed by atoms with Crippen LogP contribution in [-0.4, -0.2) is 36.5 Å². The molecule has 3 heteroatoms. The molecular weight excluding hydrogens is 308 g/mol. The van der Waals surface area contributed by atoms with Crippen molar-refractivity contribution in [1.29, 1.82) is 0 Å². The van der Waals surface area contributed by atoms with E-state index in [2.05, 4.69) is 47.5 Å². The van der Waals surface area contributed by atoms with Crippen LogP contribution in [0.3, 0.4) is 0 Å². The lowest BCUT2D eigenvalue weighted by atomic mass is 9.98. The van der Waals surface area contributed by atoms with Gasteiger partial charge < -0.3 is 5.32 Å². The number of nitrogens with zero attached hydrogens (tertiary/aromatic N) is 1. The van der Waals surface area contributed by atoms with Crippen LogP contribution in [0, 0.1) is 20.8 Å². The Labute approximate surface area is 151 Å². The first kappa shape index (κ1) is 17.9. The number of carbonyl (C=O) groups excluding carboxylic acids is 1. The normalized spacial score (nSPS) is 21.1. The van der Waals surface area contributed by atoms with E-state index in [1.165, 1.54) is 30.4 Å². The van der Waals surface area contributed by atoms with E-state index in [0.29, 0.717) is 12.6 Å². The minimum atomic E-state index is 0.0468. The Morgan fingerprint density at radius 1 is 1.20 bits per heavy atom. The van der Waals surface area contributed by atoms with Gasteiger partial charge in [-0.25, -0.2) is 0 Å². The summed E-state index contributed by atoms with van der Waals surface area (Å²) in [5.41, 5.74) is 5.48. The molecular formula is C22H30N2O. The van der Waals surface area contributed by atoms with Crippen LogP contribution >= 0.6 is 0 Å². The van der Waals surface area contributed by atoms with Gasteiger partial charge in [-0.2, -0.15) is 0 Å². The van der Waals surface area contributed by atoms with E-state index in [4.69, 9.17) is 0 Å². The lowest BCUT2D eigenvalue weighted by Crippen LogP contribution is -2.41. The van der Waals surface area contributed by atoms with Crippen LogP contribution in [0.4, 0.5) is 0 Å². The fourth-order valence-corrected chi connectivity index (χ4v) is 4.17. The molecule has 1 aromatic rings. The van der Waals surface area contributed by atoms with Gasteiger partial charge in [-0.3, -0.25) is 9.69 Å². The van der Waals surface area contributed by atoms with Crippen molar-refractivity contribution in [2.75, 3.05) is 19.6 Å². The molecule has 0 saturated carbocycles. The van der Waals surface area contributed by atoms with Gasteiger partial charge in [0.1, 0.15) is 0 Å². The average molecular weight is 338 g/mol. The number of hydrogen-bond acceptors (Lipinski definition) is 2. The molecule has 1 atom stereocenters. The smallest absolute Gasteiger partial charge is 0.252 e. The maximum atomic E-state index is 12.7. The Morgan fingerprint density at radius 3 is 2.64 bits per heavy atom. The summed E-state index contributed by atoms with van der Waals surface area (Å²) in [5, 5.41) is 3.14. The van der Waals surface area contributed by atoms with Crippen molar-refractivity contribution >= 4 is 5.91 Å². The number of allylic oxidation sites excluding steroid dienone is 1. The molecule has 1 unspecified atom stereocenters. The summed E-state index contributed by atoms with van der Waals surface area (Å²) in [6.07, 6.45) is 11.8. The standard InChI is InChI=1S/C22H30N2O/c1-16-12-17(2)21(18(3)13-16)22(25)23-14-19-8-7-11-24(15-19)20-9-5-4-6-10-20/h5,8-9,12-13,20H,4,6-7,10-11,14-15H2,1-3H3,(H,23,25). The molecule has 1 heterocycles. The molecule has 25 heavy (non-hydrogen) atoms. The van der Waals surface area contributed by atoms with Gasteiger partial charge in [-0.05, 0) is 63.2 Å². The molecule has 0 saturated heterocycles. The van der Waals surface area contributed by atoms with Gasteiger partial charge >= 0.3 is 0 Å². The third-order valence-corrected chi connectivity index (χ3v) is 5.33. The van der Waals surface area contributed by atoms with Gasteiger partial charge in [0.15, 0.2) is 0 Å². The molecule has 3 rings (SSSR count). The summed E-state index contributed by atoms with van der Waals surface area (Å²) in [7, 11) is 0. The summed E-state index contributed by atoms with van der Waals surface area (Å²) < 4.78 is 0. The maximum Gasteiger partial charge on any atom is 0.252 e. The molecule has 0 aromatic heterocycles. The minimum Gasteiger partial charge on any atom is -0.348 e. The third kappa shape index (κ3) is 4.40. The van der Waals surface area contributed by atoms with Crippen LogP contribution in [0.25, 0.3) is 0 Å². The van der Waals surface area contributed by atoms with Crippen molar-refractivity contribution in [3.8, 4) is 0 Å². The second-order valence-corrected chi connectivity index (χ2v) is 7.50. The molecule has 2 aliphatic rings. The van der Waals surface area contributed by atoms with E-state index >= 15 is 0 Å². The molecule has 1 amide bonds. The molecule has 0 fully saturated rings. The van der Waals surface area contributed by atoms with Gasteiger partial charge in [0.05, 0.1) is 0 Å². The summed E-state index contributed by atoms with van der Waals surface area (Å²) >= 11 is 0. The predicted molar refractivity (Wildman–Crippen MR) is 104 cm³/mol. The highest BCUT2D eigenvalue weighted by atomic mass is 16.1. The summed E-state index contributed by atoms with van der Waals surface area (Å²) in [6, 6.07) is 4.74. The molecule has 1 N–H and O–H groups in total. The van der Waals surface area contributed by atoms with Gasteiger partial charge in [0.25, 0.3) is 5.91 Å². The lowest BCUT2D eigenvalue weighted by molar-refractivity contribution is 0.0954. The Bertz CT molecular complexity index is 679. The summed E-state index contributed by atoms with van der Waals surface area (Å²) in [4.78, 5) is 15.2. The summed E-state index contributed by atoms with van der Waals surface area (Å²) in [6.45, 7) is 8.86. The van der Waals surface area contributed by atoms with Crippen molar-refractivity contribution in [2.45, 2.75) is 52.5 Å². The zero-order chi connectivity index (χ0) is 17.8. The van der Waals surface area contributed by atoms with Crippen molar-refractivity contribution in [2.24, 2.45) is 0 Å². The van der Waals surface area contributed by atoms with E-state index in [9.17, 15) is 4.79 Å². The highest BCUT2D eigenvalue weighted by Crippen LogP contribution is 2.21. The highest BCUT2D eigenvalue weighted by molar-refractivity contribution is 5.97. The number of nitrogens with one attached hydrogen (secondary N) is 1. The lowest BCUT2D eigenvalue weighted by Gasteiger charge is -2.34. The summed E-state index contributed by atoms with van der Waals surface area (Å²) in [5.74, 6) is 0.0468. The monoisotopic (exact) mass is 338 g/mol. The van der Waals surface area contributed by atoms with Crippen molar-refractivity contribution in [3.63, 3.8) is 0 Å². The maximum absolute atomic E-state index is 12.7. The van der Waals surface area contributed by atoms with Gasteiger partial charge in [0, 0.05) is 31.2 Å². The predicted octanol–water partition coefficient (Wildman–Crippen LogP) is 4.08. The fraction of sp³-hybridized carbons (Fsp3) is 0.500. The van der Waals surface area contributed by atoms with Crippen molar-refractivity contribution in [3.05, 3.63) is 58.2 Å². The second-order valence-electron chi connectivity index (χ2n) is 7.50. The van der Waals surface area contributed by atoms with E-state index in [1.807, 2.05) is 13.8 Å². The number of carbonyl (C=O) groups is 1. The zero-order valence-corrected chi connectivity index (χ0v) is 15.8. The first-order chi connectivity index (χ1) is 12.0. The molecule has 0 spiro atoms. The molecule has 1 aliphatic heterocycles. The Balaban J connectivity index is 1.60. The van der Waals surface area contributed by atoms with Crippen LogP contribution in [0.2, 0.25) is 0 Å². The first-order valence-electron chi connectivity index (χ1n) is 9.49. The number of amides is 1. The second kappa shape index (κ2) is 8.01. The molecule has 3 nitrogen and oxygen atoms in total. The number of hydrogen-bond donors (Lipinski definition) is 1. The number of rotatable bonds is 4. The van der Waals surface area contributed by atoms with Crippen LogP contribution in [-0.2, 0) is 0 Å². The van der Waals surface area contributed by atoms with E-state index in [-0.39, 0.29) is 5.91 Å². The van der Waals surface area contributed by atoms with Gasteiger partial charge in [0.2, 0.25) is 0 Å². The molecule has 0 bridgehead atoms. The SMILES string of the molecule is Cc1cc(C)c(C(=O)NCC2=CCCN(C3C=CCCC3)C2)c(C)c1. The highest BCUT2D eigenvalue weighted by Gasteiger charge is 2.21. The Hall–Kier alpha value is -1.87.